The Labute approximate surface area is 106 Å². The Morgan fingerprint density at radius 2 is 2.19 bits per heavy atom. The molecule has 1 atom stereocenters. The topological polar surface area (TPSA) is 29.3 Å². The molecule has 1 heterocycles. The molecule has 0 aromatic heterocycles. The van der Waals surface area contributed by atoms with Gasteiger partial charge in [0.1, 0.15) is 0 Å². The van der Waals surface area contributed by atoms with E-state index in [1.165, 1.54) is 12.1 Å². The molecule has 88 valence electrons. The number of hydrogen-bond acceptors (Lipinski definition) is 2. The maximum Gasteiger partial charge on any atom is 0.0611 e. The minimum absolute atomic E-state index is 0.762. The van der Waals surface area contributed by atoms with Crippen molar-refractivity contribution < 1.29 is 0 Å². The molecule has 3 heteroatoms. The van der Waals surface area contributed by atoms with Gasteiger partial charge >= 0.3 is 0 Å². The second kappa shape index (κ2) is 4.66. The van der Waals surface area contributed by atoms with E-state index >= 15 is 0 Å². The van der Waals surface area contributed by atoms with Crippen molar-refractivity contribution in [1.29, 1.82) is 0 Å². The highest BCUT2D eigenvalue weighted by Gasteiger charge is 2.25. The smallest absolute Gasteiger partial charge is 0.0611 e. The summed E-state index contributed by atoms with van der Waals surface area (Å²) < 4.78 is 1.10. The second-order valence-electron chi connectivity index (χ2n) is 4.94. The Kier molecular flexibility index (Phi) is 3.43. The van der Waals surface area contributed by atoms with Crippen LogP contribution in [-0.2, 0) is 0 Å². The summed E-state index contributed by atoms with van der Waals surface area (Å²) in [5.74, 6) is 1.57. The fraction of sp³-hybridized carbons (Fsp3) is 0.538. The third kappa shape index (κ3) is 2.34. The average molecular weight is 283 g/mol. The Balaban J connectivity index is 2.17. The van der Waals surface area contributed by atoms with Gasteiger partial charge < -0.3 is 10.6 Å². The molecule has 0 aliphatic carbocycles. The fourth-order valence-corrected chi connectivity index (χ4v) is 2.69. The molecule has 0 spiro atoms. The van der Waals surface area contributed by atoms with Gasteiger partial charge in [-0.25, -0.2) is 0 Å². The van der Waals surface area contributed by atoms with Crippen LogP contribution in [0.15, 0.2) is 22.7 Å². The first-order chi connectivity index (χ1) is 7.58. The van der Waals surface area contributed by atoms with Crippen LogP contribution < -0.4 is 10.6 Å². The number of nitrogens with zero attached hydrogens (tertiary/aromatic N) is 1. The molecule has 2 nitrogen and oxygen atoms in total. The van der Waals surface area contributed by atoms with E-state index in [0.29, 0.717) is 0 Å². The quantitative estimate of drug-likeness (QED) is 0.841. The second-order valence-corrected chi connectivity index (χ2v) is 5.86. The van der Waals surface area contributed by atoms with Gasteiger partial charge in [0.05, 0.1) is 11.4 Å². The van der Waals surface area contributed by atoms with Crippen LogP contribution in [0.25, 0.3) is 0 Å². The first-order valence-electron chi connectivity index (χ1n) is 5.88. The summed E-state index contributed by atoms with van der Waals surface area (Å²) in [5.41, 5.74) is 8.09. The molecule has 1 aromatic carbocycles. The normalized spacial score (nSPS) is 20.8. The van der Waals surface area contributed by atoms with E-state index in [9.17, 15) is 0 Å². The maximum atomic E-state index is 6.03. The van der Waals surface area contributed by atoms with Gasteiger partial charge in [0, 0.05) is 17.6 Å². The summed E-state index contributed by atoms with van der Waals surface area (Å²) in [6, 6.07) is 6.09. The number of hydrogen-bond donors (Lipinski definition) is 1. The van der Waals surface area contributed by atoms with Crippen LogP contribution in [0, 0.1) is 11.8 Å². The maximum absolute atomic E-state index is 6.03. The van der Waals surface area contributed by atoms with Crippen molar-refractivity contribution in [3.05, 3.63) is 22.7 Å². The van der Waals surface area contributed by atoms with E-state index in [1.807, 2.05) is 12.1 Å². The van der Waals surface area contributed by atoms with Crippen LogP contribution in [0.5, 0.6) is 0 Å². The van der Waals surface area contributed by atoms with Crippen molar-refractivity contribution in [2.24, 2.45) is 11.8 Å². The number of benzene rings is 1. The molecule has 2 rings (SSSR count). The van der Waals surface area contributed by atoms with Gasteiger partial charge in [0.25, 0.3) is 0 Å². The zero-order valence-electron chi connectivity index (χ0n) is 9.91. The van der Waals surface area contributed by atoms with E-state index in [2.05, 4.69) is 40.7 Å². The Bertz CT molecular complexity index is 376. The predicted octanol–water partition coefficient (Wildman–Crippen LogP) is 3.51. The lowest BCUT2D eigenvalue weighted by atomic mass is 9.95. The van der Waals surface area contributed by atoms with Crippen molar-refractivity contribution in [3.63, 3.8) is 0 Å². The lowest BCUT2D eigenvalue weighted by Gasteiger charge is -2.21. The monoisotopic (exact) mass is 282 g/mol. The van der Waals surface area contributed by atoms with Crippen LogP contribution in [0.4, 0.5) is 11.4 Å². The number of rotatable bonds is 2. The van der Waals surface area contributed by atoms with Crippen molar-refractivity contribution in [2.75, 3.05) is 23.7 Å². The molecule has 1 unspecified atom stereocenters. The average Bonchev–Trinajstić information content (AvgIpc) is 2.70. The zero-order valence-corrected chi connectivity index (χ0v) is 11.5. The van der Waals surface area contributed by atoms with Gasteiger partial charge in [0.2, 0.25) is 0 Å². The van der Waals surface area contributed by atoms with Gasteiger partial charge in [-0.1, -0.05) is 29.8 Å². The Morgan fingerprint density at radius 3 is 2.81 bits per heavy atom. The summed E-state index contributed by atoms with van der Waals surface area (Å²) in [4.78, 5) is 2.41. The molecule has 1 aliphatic rings. The molecule has 1 aliphatic heterocycles. The third-order valence-corrected chi connectivity index (χ3v) is 3.99. The third-order valence-electron chi connectivity index (χ3n) is 3.50. The highest BCUT2D eigenvalue weighted by Crippen LogP contribution is 2.33. The molecular weight excluding hydrogens is 264 g/mol. The van der Waals surface area contributed by atoms with Crippen molar-refractivity contribution in [3.8, 4) is 0 Å². The van der Waals surface area contributed by atoms with Gasteiger partial charge in [0.15, 0.2) is 0 Å². The van der Waals surface area contributed by atoms with Crippen LogP contribution in [0.1, 0.15) is 20.3 Å². The summed E-state index contributed by atoms with van der Waals surface area (Å²) in [5, 5.41) is 0. The first-order valence-corrected chi connectivity index (χ1v) is 6.67. The standard InChI is InChI=1S/C13H19BrN2/c1-9(2)10-5-6-16(8-10)13-7-11(14)3-4-12(13)15/h3-4,7,9-10H,5-6,8,15H2,1-2H3. The summed E-state index contributed by atoms with van der Waals surface area (Å²) >= 11 is 3.51. The van der Waals surface area contributed by atoms with Gasteiger partial charge in [-0.15, -0.1) is 0 Å². The van der Waals surface area contributed by atoms with Crippen molar-refractivity contribution in [1.82, 2.24) is 0 Å². The van der Waals surface area contributed by atoms with E-state index in [-0.39, 0.29) is 0 Å². The predicted molar refractivity (Wildman–Crippen MR) is 73.7 cm³/mol. The Morgan fingerprint density at radius 1 is 1.44 bits per heavy atom. The van der Waals surface area contributed by atoms with E-state index in [4.69, 9.17) is 5.73 Å². The van der Waals surface area contributed by atoms with Crippen LogP contribution in [-0.4, -0.2) is 13.1 Å². The molecule has 1 saturated heterocycles. The lowest BCUT2D eigenvalue weighted by molar-refractivity contribution is 0.423. The first kappa shape index (κ1) is 11.8. The summed E-state index contributed by atoms with van der Waals surface area (Å²) in [6.45, 7) is 6.87. The largest absolute Gasteiger partial charge is 0.397 e. The molecule has 0 bridgehead atoms. The Hall–Kier alpha value is -0.700. The molecule has 0 amide bonds. The van der Waals surface area contributed by atoms with Gasteiger partial charge in [-0.2, -0.15) is 0 Å². The molecule has 0 saturated carbocycles. The highest BCUT2D eigenvalue weighted by molar-refractivity contribution is 9.10. The molecule has 1 fully saturated rings. The minimum atomic E-state index is 0.762. The van der Waals surface area contributed by atoms with E-state index in [0.717, 1.165) is 35.1 Å². The molecular formula is C13H19BrN2. The number of halogens is 1. The lowest BCUT2D eigenvalue weighted by Crippen LogP contribution is -2.22. The van der Waals surface area contributed by atoms with E-state index in [1.54, 1.807) is 0 Å². The van der Waals surface area contributed by atoms with Crippen LogP contribution >= 0.6 is 15.9 Å². The highest BCUT2D eigenvalue weighted by atomic mass is 79.9. The zero-order chi connectivity index (χ0) is 11.7. The molecule has 0 radical (unpaired) electrons. The van der Waals surface area contributed by atoms with Crippen LogP contribution in [0.3, 0.4) is 0 Å². The molecule has 2 N–H and O–H groups in total. The fourth-order valence-electron chi connectivity index (χ4n) is 2.34. The SMILES string of the molecule is CC(C)C1CCN(c2cc(Br)ccc2N)C1. The van der Waals surface area contributed by atoms with Gasteiger partial charge in [-0.3, -0.25) is 0 Å². The summed E-state index contributed by atoms with van der Waals surface area (Å²) in [7, 11) is 0. The van der Waals surface area contributed by atoms with Crippen LogP contribution in [0.2, 0.25) is 0 Å². The van der Waals surface area contributed by atoms with Crippen molar-refractivity contribution >= 4 is 27.3 Å². The number of nitrogens with two attached hydrogens (primary N) is 1. The number of nitrogen functional groups attached to an aromatic ring is 1. The molecule has 16 heavy (non-hydrogen) atoms. The van der Waals surface area contributed by atoms with Gasteiger partial charge in [-0.05, 0) is 36.5 Å². The minimum Gasteiger partial charge on any atom is -0.397 e. The molecule has 1 aromatic rings. The summed E-state index contributed by atoms with van der Waals surface area (Å²) in [6.07, 6.45) is 1.28. The van der Waals surface area contributed by atoms with Crippen molar-refractivity contribution in [2.45, 2.75) is 20.3 Å². The van der Waals surface area contributed by atoms with E-state index < -0.39 is 0 Å². The number of anilines is 2.